The van der Waals surface area contributed by atoms with Crippen LogP contribution < -0.4 is 54.4 Å². The summed E-state index contributed by atoms with van der Waals surface area (Å²) in [6.45, 7) is 1.93. The highest BCUT2D eigenvalue weighted by Gasteiger charge is 2.34. The van der Waals surface area contributed by atoms with Crippen molar-refractivity contribution >= 4 is 105 Å². The van der Waals surface area contributed by atoms with Crippen LogP contribution in [0.25, 0.3) is 32.4 Å². The number of aromatic amines is 1. The number of rotatable bonds is 30. The molecular weight excluding hydrogens is 1110 g/mol. The minimum absolute atomic E-state index is 0.0122. The van der Waals surface area contributed by atoms with Crippen molar-refractivity contribution in [3.05, 3.63) is 162 Å². The second-order valence-electron chi connectivity index (χ2n) is 20.7. The lowest BCUT2D eigenvalue weighted by molar-refractivity contribution is -0.135. The fourth-order valence-corrected chi connectivity index (χ4v) is 10.3. The van der Waals surface area contributed by atoms with Gasteiger partial charge in [0.2, 0.25) is 47.3 Å². The van der Waals surface area contributed by atoms with Crippen molar-refractivity contribution in [2.45, 2.75) is 107 Å². The maximum absolute atomic E-state index is 14.7. The van der Waals surface area contributed by atoms with Gasteiger partial charge in [-0.2, -0.15) is 25.3 Å². The van der Waals surface area contributed by atoms with E-state index in [0.29, 0.717) is 24.0 Å². The number of carbonyl (C=O) groups is 8. The second kappa shape index (κ2) is 30.7. The van der Waals surface area contributed by atoms with E-state index < -0.39 is 95.6 Å². The number of nitrogens with two attached hydrogens (primary N) is 3. The highest BCUT2D eigenvalue weighted by molar-refractivity contribution is 7.80. The number of benzene rings is 6. The average Bonchev–Trinajstić information content (AvgIpc) is 4.04. The third-order valence-corrected chi connectivity index (χ3v) is 15.2. The molecule has 442 valence electrons. The molecule has 0 fully saturated rings. The van der Waals surface area contributed by atoms with Gasteiger partial charge in [-0.1, -0.05) is 122 Å². The Kier molecular flexibility index (Phi) is 23.1. The summed E-state index contributed by atoms with van der Waals surface area (Å²) in [7, 11) is 0. The normalized spacial score (nSPS) is 14.2. The van der Waals surface area contributed by atoms with Crippen LogP contribution in [0.15, 0.2) is 140 Å². The first-order valence-electron chi connectivity index (χ1n) is 27.8. The summed E-state index contributed by atoms with van der Waals surface area (Å²) in [6.07, 6.45) is 2.79. The number of H-pyrrole nitrogens is 1. The average molecular weight is 1180 g/mol. The molecule has 7 aromatic rings. The molecule has 0 saturated heterocycles. The number of hydrogen-bond acceptors (Lipinski definition) is 13. The van der Waals surface area contributed by atoms with E-state index in [1.165, 1.54) is 12.1 Å². The Labute approximate surface area is 497 Å². The number of hydrogen-bond donors (Lipinski definition) is 14. The van der Waals surface area contributed by atoms with Crippen LogP contribution in [0, 0.1) is 0 Å². The number of amides is 8. The Bertz CT molecular complexity index is 3450. The molecule has 1 heterocycles. The largest absolute Gasteiger partial charge is 0.508 e. The molecule has 6 aromatic carbocycles. The summed E-state index contributed by atoms with van der Waals surface area (Å²) in [5, 5.41) is 33.6. The van der Waals surface area contributed by atoms with Gasteiger partial charge >= 0.3 is 0 Å². The number of fused-ring (bicyclic) bond motifs is 3. The van der Waals surface area contributed by atoms with Crippen LogP contribution in [0.1, 0.15) is 54.9 Å². The smallest absolute Gasteiger partial charge is 0.244 e. The van der Waals surface area contributed by atoms with E-state index in [9.17, 15) is 43.5 Å². The summed E-state index contributed by atoms with van der Waals surface area (Å²) < 4.78 is 0. The predicted octanol–water partition coefficient (Wildman–Crippen LogP) is 3.06. The molecule has 0 radical (unpaired) electrons. The van der Waals surface area contributed by atoms with Gasteiger partial charge < -0.3 is 64.5 Å². The van der Waals surface area contributed by atoms with Crippen LogP contribution in [0.2, 0.25) is 0 Å². The highest BCUT2D eigenvalue weighted by Crippen LogP contribution is 2.22. The standard InChI is InChI=1S/C62H73N11O9S2/c1-2-47(57(77)69-50(55(65)75)31-38-19-23-40-12-4-6-14-42(40)28-38)67-61(81)53(34-83)72-58(78)49(17-9-10-26-63)68-60(80)52(32-43-33-66-48-16-8-7-15-45(43)48)71-62(82)54(35-84)73-59(79)51(30-36-20-24-44(74)25-21-36)70-56(76)46(64)29-37-18-22-39-11-3-5-13-41(39)27-37/h3-8,11-16,18-25,27-28,33,46-47,49-54,66,74,83-84H,2,9-10,17,26,29-32,34-35,63-64H2,1H3,(H2,65,75)(H,67,81)(H,68,80)(H,69,77)(H,70,76)(H,71,82)(H,72,78)(H,73,79)/t46-,47-,49-,50-,51-,52+,53+,54-/m0/s1. The van der Waals surface area contributed by atoms with E-state index in [0.717, 1.165) is 43.6 Å². The number of thiol groups is 2. The molecule has 8 atom stereocenters. The van der Waals surface area contributed by atoms with E-state index in [1.807, 2.05) is 109 Å². The third-order valence-electron chi connectivity index (χ3n) is 14.5. The number of phenolic OH excluding ortho intramolecular Hbond substituents is 1. The summed E-state index contributed by atoms with van der Waals surface area (Å²) in [6, 6.07) is 30.3. The highest BCUT2D eigenvalue weighted by atomic mass is 32.1. The van der Waals surface area contributed by atoms with Crippen LogP contribution in [-0.4, -0.2) is 124 Å². The van der Waals surface area contributed by atoms with Gasteiger partial charge in [0.25, 0.3) is 0 Å². The SMILES string of the molecule is CC[C@H](NC(=O)[C@@H](CS)NC(=O)[C@H](CCCCN)NC(=O)[C@@H](Cc1c[nH]c2ccccc12)NC(=O)[C@H](CS)NC(=O)[C@H](Cc1ccc(O)cc1)NC(=O)[C@@H](N)Cc1ccc2ccccc2c1)C(=O)N[C@@H](Cc1ccc2ccccc2c1)C(N)=O. The Hall–Kier alpha value is -8.44. The summed E-state index contributed by atoms with van der Waals surface area (Å²) >= 11 is 8.77. The van der Waals surface area contributed by atoms with Crippen molar-refractivity contribution < 1.29 is 43.5 Å². The van der Waals surface area contributed by atoms with Crippen LogP contribution in [-0.2, 0) is 64.0 Å². The number of para-hydroxylation sites is 1. The zero-order valence-electron chi connectivity index (χ0n) is 46.5. The van der Waals surface area contributed by atoms with Gasteiger partial charge in [-0.05, 0) is 101 Å². The van der Waals surface area contributed by atoms with Crippen LogP contribution >= 0.6 is 25.3 Å². The minimum atomic E-state index is -1.38. The summed E-state index contributed by atoms with van der Waals surface area (Å²) in [5.41, 5.74) is 21.5. The summed E-state index contributed by atoms with van der Waals surface area (Å²) in [4.78, 5) is 115. The summed E-state index contributed by atoms with van der Waals surface area (Å²) in [5.74, 6) is -6.48. The molecule has 0 unspecified atom stereocenters. The van der Waals surface area contributed by atoms with E-state index in [-0.39, 0.29) is 62.3 Å². The number of phenols is 1. The van der Waals surface area contributed by atoms with Crippen molar-refractivity contribution in [2.75, 3.05) is 18.1 Å². The lowest BCUT2D eigenvalue weighted by Crippen LogP contribution is -2.61. The molecule has 84 heavy (non-hydrogen) atoms. The molecule has 22 heteroatoms. The molecular formula is C62H73N11O9S2. The maximum Gasteiger partial charge on any atom is 0.244 e. The molecule has 0 spiro atoms. The van der Waals surface area contributed by atoms with Crippen LogP contribution in [0.4, 0.5) is 0 Å². The number of unbranched alkanes of at least 4 members (excludes halogenated alkanes) is 1. The zero-order valence-corrected chi connectivity index (χ0v) is 48.3. The number of aromatic hydroxyl groups is 1. The van der Waals surface area contributed by atoms with E-state index in [2.05, 4.69) is 67.5 Å². The Morgan fingerprint density at radius 1 is 0.488 bits per heavy atom. The number of nitrogens with one attached hydrogen (secondary N) is 8. The first kappa shape index (κ1) is 63.1. The van der Waals surface area contributed by atoms with Gasteiger partial charge in [-0.25, -0.2) is 0 Å². The van der Waals surface area contributed by atoms with Crippen LogP contribution in [0.5, 0.6) is 5.75 Å². The lowest BCUT2D eigenvalue weighted by atomic mass is 10.0. The van der Waals surface area contributed by atoms with Gasteiger partial charge in [0.05, 0.1) is 6.04 Å². The fraction of sp³-hybridized carbons (Fsp3) is 0.323. The monoisotopic (exact) mass is 1180 g/mol. The van der Waals surface area contributed by atoms with Crippen molar-refractivity contribution in [1.82, 2.24) is 42.2 Å². The minimum Gasteiger partial charge on any atom is -0.508 e. The van der Waals surface area contributed by atoms with Gasteiger partial charge in [0.1, 0.15) is 48.0 Å². The fourth-order valence-electron chi connectivity index (χ4n) is 9.76. The van der Waals surface area contributed by atoms with Gasteiger partial charge in [0.15, 0.2) is 0 Å². The van der Waals surface area contributed by atoms with Gasteiger partial charge in [-0.3, -0.25) is 38.4 Å². The molecule has 7 rings (SSSR count). The van der Waals surface area contributed by atoms with Crippen molar-refractivity contribution in [3.8, 4) is 5.75 Å². The van der Waals surface area contributed by atoms with Crippen molar-refractivity contribution in [2.24, 2.45) is 17.2 Å². The van der Waals surface area contributed by atoms with Gasteiger partial charge in [-0.15, -0.1) is 0 Å². The van der Waals surface area contributed by atoms with E-state index in [4.69, 9.17) is 17.2 Å². The van der Waals surface area contributed by atoms with Gasteiger partial charge in [0, 0.05) is 47.9 Å². The van der Waals surface area contributed by atoms with E-state index in [1.54, 1.807) is 25.3 Å². The molecule has 0 saturated carbocycles. The third kappa shape index (κ3) is 17.5. The molecule has 20 nitrogen and oxygen atoms in total. The topological polar surface area (TPSA) is 335 Å². The molecule has 0 bridgehead atoms. The number of primary amides is 1. The van der Waals surface area contributed by atoms with E-state index >= 15 is 0 Å². The first-order chi connectivity index (χ1) is 40.5. The van der Waals surface area contributed by atoms with Crippen LogP contribution in [0.3, 0.4) is 0 Å². The predicted molar refractivity (Wildman–Crippen MR) is 331 cm³/mol. The quantitative estimate of drug-likeness (QED) is 0.0229. The molecule has 0 aliphatic carbocycles. The van der Waals surface area contributed by atoms with Crippen molar-refractivity contribution in [3.63, 3.8) is 0 Å². The molecule has 0 aliphatic heterocycles. The maximum atomic E-state index is 14.7. The molecule has 8 amide bonds. The Morgan fingerprint density at radius 3 is 1.50 bits per heavy atom. The lowest BCUT2D eigenvalue weighted by Gasteiger charge is -2.27. The molecule has 15 N–H and O–H groups in total. The number of aromatic nitrogens is 1. The molecule has 1 aromatic heterocycles. The van der Waals surface area contributed by atoms with Crippen molar-refractivity contribution in [1.29, 1.82) is 0 Å². The Morgan fingerprint density at radius 2 is 0.929 bits per heavy atom. The number of carbonyl (C=O) groups excluding carboxylic acids is 8. The Balaban J connectivity index is 1.04. The first-order valence-corrected chi connectivity index (χ1v) is 29.1. The molecule has 0 aliphatic rings. The second-order valence-corrected chi connectivity index (χ2v) is 21.4. The zero-order chi connectivity index (χ0) is 60.3.